The molecule has 0 saturated carbocycles. The Bertz CT molecular complexity index is 771. The molecule has 1 aliphatic carbocycles. The van der Waals surface area contributed by atoms with E-state index in [1.54, 1.807) is 29.5 Å². The Morgan fingerprint density at radius 2 is 2.14 bits per heavy atom. The molecule has 0 fully saturated rings. The minimum absolute atomic E-state index is 0.191. The zero-order valence-corrected chi connectivity index (χ0v) is 13.8. The Kier molecular flexibility index (Phi) is 3.96. The summed E-state index contributed by atoms with van der Waals surface area (Å²) in [5, 5.41) is 3.40. The standard InChI is InChI=1S/C14H15ClN2O2S2/c1-16-21(18,19)10-4-2-3-9(7-10)17-12-5-6-13-11(12)8-14(15)20-13/h2-4,7-8,12,16-17H,5-6H2,1H3. The third kappa shape index (κ3) is 2.94. The van der Waals surface area contributed by atoms with Crippen LogP contribution in [0.1, 0.15) is 22.9 Å². The van der Waals surface area contributed by atoms with Gasteiger partial charge < -0.3 is 5.32 Å². The number of halogens is 1. The molecule has 2 aromatic rings. The van der Waals surface area contributed by atoms with E-state index in [2.05, 4.69) is 10.0 Å². The number of hydrogen-bond donors (Lipinski definition) is 2. The van der Waals surface area contributed by atoms with E-state index in [4.69, 9.17) is 11.6 Å². The van der Waals surface area contributed by atoms with Gasteiger partial charge in [0.25, 0.3) is 0 Å². The van der Waals surface area contributed by atoms with Crippen LogP contribution >= 0.6 is 22.9 Å². The fourth-order valence-corrected chi connectivity index (χ4v) is 4.68. The molecular formula is C14H15ClN2O2S2. The summed E-state index contributed by atoms with van der Waals surface area (Å²) < 4.78 is 26.8. The van der Waals surface area contributed by atoms with Gasteiger partial charge in [-0.25, -0.2) is 13.1 Å². The van der Waals surface area contributed by atoms with Crippen molar-refractivity contribution in [3.63, 3.8) is 0 Å². The first-order chi connectivity index (χ1) is 9.99. The largest absolute Gasteiger partial charge is 0.378 e. The first-order valence-electron chi connectivity index (χ1n) is 6.58. The average Bonchev–Trinajstić information content (AvgIpc) is 3.00. The van der Waals surface area contributed by atoms with Gasteiger partial charge in [0.1, 0.15) is 0 Å². The fraction of sp³-hybridized carbons (Fsp3) is 0.286. The van der Waals surface area contributed by atoms with E-state index < -0.39 is 10.0 Å². The van der Waals surface area contributed by atoms with Gasteiger partial charge in [-0.1, -0.05) is 17.7 Å². The van der Waals surface area contributed by atoms with Gasteiger partial charge >= 0.3 is 0 Å². The molecular weight excluding hydrogens is 328 g/mol. The first kappa shape index (κ1) is 14.8. The number of aryl methyl sites for hydroxylation is 1. The van der Waals surface area contributed by atoms with Crippen LogP contribution in [0.15, 0.2) is 35.2 Å². The maximum absolute atomic E-state index is 11.8. The number of benzene rings is 1. The molecule has 0 bridgehead atoms. The summed E-state index contributed by atoms with van der Waals surface area (Å²) >= 11 is 7.68. The molecule has 2 N–H and O–H groups in total. The zero-order chi connectivity index (χ0) is 15.0. The number of fused-ring (bicyclic) bond motifs is 1. The van der Waals surface area contributed by atoms with Crippen molar-refractivity contribution in [2.24, 2.45) is 0 Å². The number of sulfonamides is 1. The second kappa shape index (κ2) is 5.61. The van der Waals surface area contributed by atoms with Crippen molar-refractivity contribution in [1.29, 1.82) is 0 Å². The molecule has 0 amide bonds. The number of rotatable bonds is 4. The van der Waals surface area contributed by atoms with Crippen molar-refractivity contribution >= 4 is 38.6 Å². The van der Waals surface area contributed by atoms with E-state index in [-0.39, 0.29) is 10.9 Å². The van der Waals surface area contributed by atoms with Crippen LogP contribution in [-0.4, -0.2) is 15.5 Å². The van der Waals surface area contributed by atoms with Gasteiger partial charge in [0, 0.05) is 10.6 Å². The molecule has 7 heteroatoms. The highest BCUT2D eigenvalue weighted by atomic mass is 35.5. The lowest BCUT2D eigenvalue weighted by molar-refractivity contribution is 0.588. The van der Waals surface area contributed by atoms with Crippen LogP contribution in [0.4, 0.5) is 5.69 Å². The summed E-state index contributed by atoms with van der Waals surface area (Å²) in [6.07, 6.45) is 2.01. The molecule has 21 heavy (non-hydrogen) atoms. The van der Waals surface area contributed by atoms with E-state index in [0.29, 0.717) is 0 Å². The van der Waals surface area contributed by atoms with Crippen molar-refractivity contribution in [1.82, 2.24) is 4.72 Å². The molecule has 0 radical (unpaired) electrons. The van der Waals surface area contributed by atoms with E-state index in [1.165, 1.54) is 17.5 Å². The van der Waals surface area contributed by atoms with Gasteiger partial charge in [-0.2, -0.15) is 0 Å². The van der Waals surface area contributed by atoms with Crippen LogP contribution < -0.4 is 10.0 Å². The molecule has 1 aromatic carbocycles. The smallest absolute Gasteiger partial charge is 0.240 e. The van der Waals surface area contributed by atoms with E-state index in [0.717, 1.165) is 22.9 Å². The van der Waals surface area contributed by atoms with Crippen molar-refractivity contribution in [2.75, 3.05) is 12.4 Å². The average molecular weight is 343 g/mol. The molecule has 4 nitrogen and oxygen atoms in total. The Hall–Kier alpha value is -1.08. The Balaban J connectivity index is 1.85. The summed E-state index contributed by atoms with van der Waals surface area (Å²) in [6, 6.07) is 9.04. The third-order valence-corrected chi connectivity index (χ3v) is 6.35. The molecule has 3 rings (SSSR count). The van der Waals surface area contributed by atoms with Gasteiger partial charge in [-0.15, -0.1) is 11.3 Å². The molecule has 1 aliphatic rings. The van der Waals surface area contributed by atoms with Crippen molar-refractivity contribution in [2.45, 2.75) is 23.8 Å². The minimum atomic E-state index is -3.42. The Morgan fingerprint density at radius 3 is 2.90 bits per heavy atom. The van der Waals surface area contributed by atoms with E-state index in [9.17, 15) is 8.42 Å². The summed E-state index contributed by atoms with van der Waals surface area (Å²) in [4.78, 5) is 1.58. The zero-order valence-electron chi connectivity index (χ0n) is 11.4. The monoisotopic (exact) mass is 342 g/mol. The van der Waals surface area contributed by atoms with Gasteiger partial charge in [-0.05, 0) is 49.7 Å². The van der Waals surface area contributed by atoms with Crippen LogP contribution in [0.3, 0.4) is 0 Å². The summed E-state index contributed by atoms with van der Waals surface area (Å²) in [6.45, 7) is 0. The molecule has 0 saturated heterocycles. The highest BCUT2D eigenvalue weighted by Gasteiger charge is 2.25. The topological polar surface area (TPSA) is 58.2 Å². The summed E-state index contributed by atoms with van der Waals surface area (Å²) in [5.41, 5.74) is 2.03. The third-order valence-electron chi connectivity index (χ3n) is 3.60. The van der Waals surface area contributed by atoms with Crippen LogP contribution in [0, 0.1) is 0 Å². The molecule has 0 aliphatic heterocycles. The van der Waals surface area contributed by atoms with Crippen molar-refractivity contribution in [3.8, 4) is 0 Å². The predicted octanol–water partition coefficient (Wildman–Crippen LogP) is 3.41. The lowest BCUT2D eigenvalue weighted by atomic mass is 10.1. The van der Waals surface area contributed by atoms with Crippen molar-refractivity contribution in [3.05, 3.63) is 45.1 Å². The number of hydrogen-bond acceptors (Lipinski definition) is 4. The van der Waals surface area contributed by atoms with Crippen LogP contribution in [0.5, 0.6) is 0 Å². The molecule has 0 spiro atoms. The first-order valence-corrected chi connectivity index (χ1v) is 9.25. The van der Waals surface area contributed by atoms with Gasteiger partial charge in [0.2, 0.25) is 10.0 Å². The van der Waals surface area contributed by atoms with E-state index >= 15 is 0 Å². The quantitative estimate of drug-likeness (QED) is 0.895. The number of anilines is 1. The lowest BCUT2D eigenvalue weighted by Crippen LogP contribution is -2.18. The fourth-order valence-electron chi connectivity index (χ4n) is 2.55. The highest BCUT2D eigenvalue weighted by molar-refractivity contribution is 7.89. The summed E-state index contributed by atoms with van der Waals surface area (Å²) in [7, 11) is -2.01. The van der Waals surface area contributed by atoms with Crippen LogP contribution in [-0.2, 0) is 16.4 Å². The Morgan fingerprint density at radius 1 is 1.33 bits per heavy atom. The number of thiophene rings is 1. The molecule has 1 atom stereocenters. The van der Waals surface area contributed by atoms with Gasteiger partial charge in [-0.3, -0.25) is 0 Å². The molecule has 1 heterocycles. The van der Waals surface area contributed by atoms with Crippen LogP contribution in [0.2, 0.25) is 4.34 Å². The van der Waals surface area contributed by atoms with Crippen molar-refractivity contribution < 1.29 is 8.42 Å². The maximum Gasteiger partial charge on any atom is 0.240 e. The maximum atomic E-state index is 11.8. The molecule has 1 aromatic heterocycles. The van der Waals surface area contributed by atoms with Gasteiger partial charge in [0.15, 0.2) is 0 Å². The SMILES string of the molecule is CNS(=O)(=O)c1cccc(NC2CCc3sc(Cl)cc32)c1. The number of nitrogens with one attached hydrogen (secondary N) is 2. The van der Waals surface area contributed by atoms with E-state index in [1.807, 2.05) is 12.1 Å². The highest BCUT2D eigenvalue weighted by Crippen LogP contribution is 2.40. The second-order valence-corrected chi connectivity index (χ2v) is 8.55. The molecule has 112 valence electrons. The van der Waals surface area contributed by atoms with Crippen LogP contribution in [0.25, 0.3) is 0 Å². The second-order valence-electron chi connectivity index (χ2n) is 4.90. The lowest BCUT2D eigenvalue weighted by Gasteiger charge is -2.15. The van der Waals surface area contributed by atoms with Gasteiger partial charge in [0.05, 0.1) is 15.3 Å². The molecule has 1 unspecified atom stereocenters. The minimum Gasteiger partial charge on any atom is -0.378 e. The normalized spacial score (nSPS) is 17.7. The predicted molar refractivity (Wildman–Crippen MR) is 86.7 cm³/mol. The summed E-state index contributed by atoms with van der Waals surface area (Å²) in [5.74, 6) is 0. The Labute approximate surface area is 133 Å².